The van der Waals surface area contributed by atoms with Gasteiger partial charge in [-0.3, -0.25) is 19.3 Å². The third kappa shape index (κ3) is 5.73. The second kappa shape index (κ2) is 10.1. The van der Waals surface area contributed by atoms with E-state index in [1.807, 2.05) is 0 Å². The molecule has 13 heteroatoms. The van der Waals surface area contributed by atoms with Gasteiger partial charge in [0.1, 0.15) is 12.4 Å². The van der Waals surface area contributed by atoms with Gasteiger partial charge in [-0.25, -0.2) is 14.8 Å². The Hall–Kier alpha value is -4.03. The van der Waals surface area contributed by atoms with Crippen LogP contribution in [0.5, 0.6) is 0 Å². The number of amides is 5. The molecule has 0 radical (unpaired) electrons. The molecular weight excluding hydrogens is 494 g/mol. The Labute approximate surface area is 208 Å². The number of nitrogens with zero attached hydrogens (tertiary/aromatic N) is 4. The first-order valence-corrected chi connectivity index (χ1v) is 11.6. The third-order valence-electron chi connectivity index (χ3n) is 5.08. The van der Waals surface area contributed by atoms with Crippen molar-refractivity contribution >= 4 is 63.3 Å². The number of carbonyl (C=O) groups is 4. The molecule has 1 aromatic carbocycles. The number of nitrogens with two attached hydrogens (primary N) is 1. The minimum atomic E-state index is -0.675. The Balaban J connectivity index is 1.47. The Morgan fingerprint density at radius 2 is 2.03 bits per heavy atom. The van der Waals surface area contributed by atoms with Crippen molar-refractivity contribution in [1.29, 1.82) is 0 Å². The molecule has 0 spiro atoms. The van der Waals surface area contributed by atoms with Gasteiger partial charge < -0.3 is 21.3 Å². The molecule has 0 saturated carbocycles. The summed E-state index contributed by atoms with van der Waals surface area (Å²) in [6, 6.07) is 7.41. The molecule has 1 aliphatic heterocycles. The number of thiazole rings is 1. The molecule has 5 amide bonds. The molecule has 1 fully saturated rings. The van der Waals surface area contributed by atoms with Crippen LogP contribution in [0.3, 0.4) is 0 Å². The fourth-order valence-corrected chi connectivity index (χ4v) is 4.17. The first kappa shape index (κ1) is 24.1. The number of benzene rings is 1. The maximum absolute atomic E-state index is 12.8. The van der Waals surface area contributed by atoms with Gasteiger partial charge in [-0.05, 0) is 29.8 Å². The van der Waals surface area contributed by atoms with E-state index in [9.17, 15) is 19.2 Å². The zero-order valence-electron chi connectivity index (χ0n) is 18.4. The van der Waals surface area contributed by atoms with E-state index in [2.05, 4.69) is 20.6 Å². The van der Waals surface area contributed by atoms with Crippen LogP contribution in [0.25, 0.3) is 0 Å². The summed E-state index contributed by atoms with van der Waals surface area (Å²) in [6.45, 7) is -0.0822. The molecule has 0 unspecified atom stereocenters. The van der Waals surface area contributed by atoms with Crippen molar-refractivity contribution in [2.45, 2.75) is 13.0 Å². The predicted molar refractivity (Wildman–Crippen MR) is 131 cm³/mol. The number of hydrogen-bond acceptors (Lipinski definition) is 8. The largest absolute Gasteiger partial charge is 0.366 e. The standard InChI is InChI=1S/C22H20ClN7O4S/c1-29-10-19(32)30(22(29)34)9-13-3-2-12(20(24)33)6-16(13)27-18(31)7-15-11-35-21(26-15)28-17-5-4-14(23)8-25-17/h2-6,8,11H,7,9-10H2,1H3,(H2,24,33)(H,27,31)(H,25,26,28). The summed E-state index contributed by atoms with van der Waals surface area (Å²) >= 11 is 7.14. The highest BCUT2D eigenvalue weighted by molar-refractivity contribution is 7.13. The van der Waals surface area contributed by atoms with Crippen LogP contribution in [0.2, 0.25) is 5.02 Å². The van der Waals surface area contributed by atoms with Crippen molar-refractivity contribution in [3.8, 4) is 0 Å². The number of halogens is 1. The second-order valence-corrected chi connectivity index (χ2v) is 9.00. The van der Waals surface area contributed by atoms with E-state index < -0.39 is 17.8 Å². The fourth-order valence-electron chi connectivity index (χ4n) is 3.34. The molecular formula is C22H20ClN7O4S. The highest BCUT2D eigenvalue weighted by atomic mass is 35.5. The molecule has 4 N–H and O–H groups in total. The normalized spacial score (nSPS) is 13.3. The molecule has 0 bridgehead atoms. The van der Waals surface area contributed by atoms with Gasteiger partial charge in [0.15, 0.2) is 5.13 Å². The Morgan fingerprint density at radius 1 is 1.23 bits per heavy atom. The van der Waals surface area contributed by atoms with Crippen molar-refractivity contribution in [2.75, 3.05) is 24.2 Å². The molecule has 1 aliphatic rings. The number of rotatable bonds is 8. The molecule has 180 valence electrons. The van der Waals surface area contributed by atoms with Crippen molar-refractivity contribution in [2.24, 2.45) is 5.73 Å². The van der Waals surface area contributed by atoms with Gasteiger partial charge in [-0.15, -0.1) is 11.3 Å². The number of anilines is 3. The Morgan fingerprint density at radius 3 is 2.69 bits per heavy atom. The monoisotopic (exact) mass is 513 g/mol. The minimum Gasteiger partial charge on any atom is -0.366 e. The van der Waals surface area contributed by atoms with Crippen LogP contribution in [-0.2, 0) is 22.6 Å². The van der Waals surface area contributed by atoms with Crippen LogP contribution in [-0.4, -0.2) is 57.1 Å². The van der Waals surface area contributed by atoms with E-state index >= 15 is 0 Å². The Bertz CT molecular complexity index is 1310. The highest BCUT2D eigenvalue weighted by Gasteiger charge is 2.34. The second-order valence-electron chi connectivity index (χ2n) is 7.71. The summed E-state index contributed by atoms with van der Waals surface area (Å²) in [7, 11) is 1.53. The van der Waals surface area contributed by atoms with Crippen LogP contribution in [0.15, 0.2) is 41.9 Å². The lowest BCUT2D eigenvalue weighted by atomic mass is 10.1. The summed E-state index contributed by atoms with van der Waals surface area (Å²) in [5.41, 5.74) is 6.84. The fraction of sp³-hybridized carbons (Fsp3) is 0.182. The molecule has 0 aliphatic carbocycles. The number of hydrogen-bond donors (Lipinski definition) is 3. The van der Waals surface area contributed by atoms with E-state index in [-0.39, 0.29) is 36.7 Å². The molecule has 35 heavy (non-hydrogen) atoms. The van der Waals surface area contributed by atoms with Gasteiger partial charge in [0.05, 0.1) is 23.7 Å². The van der Waals surface area contributed by atoms with Crippen LogP contribution < -0.4 is 16.4 Å². The molecule has 2 aromatic heterocycles. The molecule has 0 atom stereocenters. The number of likely N-dealkylation sites (N-methyl/N-ethyl adjacent to an activating group) is 1. The van der Waals surface area contributed by atoms with Gasteiger partial charge in [-0.1, -0.05) is 17.7 Å². The average Bonchev–Trinajstić information content (AvgIpc) is 3.34. The quantitative estimate of drug-likeness (QED) is 0.391. The van der Waals surface area contributed by atoms with Crippen LogP contribution in [0.1, 0.15) is 21.6 Å². The van der Waals surface area contributed by atoms with Gasteiger partial charge in [0.2, 0.25) is 11.8 Å². The van der Waals surface area contributed by atoms with E-state index in [0.717, 1.165) is 4.90 Å². The maximum Gasteiger partial charge on any atom is 0.327 e. The lowest BCUT2D eigenvalue weighted by molar-refractivity contribution is -0.125. The number of nitrogens with one attached hydrogen (secondary N) is 2. The van der Waals surface area contributed by atoms with Crippen molar-refractivity contribution in [3.05, 3.63) is 63.8 Å². The summed E-state index contributed by atoms with van der Waals surface area (Å²) < 4.78 is 0. The maximum atomic E-state index is 12.8. The zero-order valence-corrected chi connectivity index (χ0v) is 20.0. The zero-order chi connectivity index (χ0) is 25.1. The topological polar surface area (TPSA) is 151 Å². The first-order chi connectivity index (χ1) is 16.7. The van der Waals surface area contributed by atoms with Crippen molar-refractivity contribution in [3.63, 3.8) is 0 Å². The van der Waals surface area contributed by atoms with E-state index in [1.54, 1.807) is 23.6 Å². The molecule has 4 rings (SSSR count). The number of primary amides is 1. The van der Waals surface area contributed by atoms with Crippen LogP contribution in [0, 0.1) is 0 Å². The smallest absolute Gasteiger partial charge is 0.327 e. The number of carbonyl (C=O) groups excluding carboxylic acids is 4. The third-order valence-corrected chi connectivity index (χ3v) is 6.11. The van der Waals surface area contributed by atoms with Crippen LogP contribution in [0.4, 0.5) is 21.4 Å². The number of imide groups is 1. The number of urea groups is 1. The highest BCUT2D eigenvalue weighted by Crippen LogP contribution is 2.24. The van der Waals surface area contributed by atoms with E-state index in [1.165, 1.54) is 41.6 Å². The lowest BCUT2D eigenvalue weighted by Crippen LogP contribution is -2.31. The molecule has 3 heterocycles. The number of pyridine rings is 1. The van der Waals surface area contributed by atoms with E-state index in [0.29, 0.717) is 27.2 Å². The van der Waals surface area contributed by atoms with E-state index in [4.69, 9.17) is 17.3 Å². The predicted octanol–water partition coefficient (Wildman–Crippen LogP) is 2.61. The Kier molecular flexibility index (Phi) is 6.94. The molecule has 3 aromatic rings. The first-order valence-electron chi connectivity index (χ1n) is 10.3. The average molecular weight is 514 g/mol. The summed E-state index contributed by atoms with van der Waals surface area (Å²) in [4.78, 5) is 59.8. The van der Waals surface area contributed by atoms with Crippen molar-refractivity contribution < 1.29 is 19.2 Å². The van der Waals surface area contributed by atoms with Gasteiger partial charge in [0.25, 0.3) is 5.91 Å². The SMILES string of the molecule is CN1CC(=O)N(Cc2ccc(C(N)=O)cc2NC(=O)Cc2csc(Nc3ccc(Cl)cn3)n2)C1=O. The minimum absolute atomic E-state index is 0.0222. The summed E-state index contributed by atoms with van der Waals surface area (Å²) in [5.74, 6) is -0.868. The lowest BCUT2D eigenvalue weighted by Gasteiger charge is -2.18. The summed E-state index contributed by atoms with van der Waals surface area (Å²) in [6.07, 6.45) is 1.46. The molecule has 1 saturated heterocycles. The van der Waals surface area contributed by atoms with Crippen molar-refractivity contribution in [1.82, 2.24) is 19.8 Å². The summed E-state index contributed by atoms with van der Waals surface area (Å²) in [5, 5.41) is 8.57. The van der Waals surface area contributed by atoms with Gasteiger partial charge in [0, 0.05) is 29.9 Å². The van der Waals surface area contributed by atoms with Gasteiger partial charge >= 0.3 is 6.03 Å². The number of aromatic nitrogens is 2. The molecule has 11 nitrogen and oxygen atoms in total. The van der Waals surface area contributed by atoms with Gasteiger partial charge in [-0.2, -0.15) is 0 Å². The van der Waals surface area contributed by atoms with Crippen LogP contribution >= 0.6 is 22.9 Å².